The standard InChI is InChI=1S/C16H25N5O3S/c1-11(2)9-13(15(23)24-3)19-14(22)10-25-16(20-17)21(18)12-7-5-4-6-8-12/h4-8,11,13H,9-10,17-18H2,1-3H3,(H,19,22)/b20-16+. The molecule has 9 heteroatoms. The van der Waals surface area contributed by atoms with Crippen molar-refractivity contribution in [2.24, 2.45) is 22.7 Å². The Hall–Kier alpha value is -2.26. The Balaban J connectivity index is 2.62. The summed E-state index contributed by atoms with van der Waals surface area (Å²) in [5.41, 5.74) is 0.687. The maximum absolute atomic E-state index is 12.1. The van der Waals surface area contributed by atoms with Crippen LogP contribution in [0.3, 0.4) is 0 Å². The molecule has 1 aromatic rings. The van der Waals surface area contributed by atoms with Gasteiger partial charge in [-0.15, -0.1) is 0 Å². The van der Waals surface area contributed by atoms with Crippen molar-refractivity contribution in [1.82, 2.24) is 5.32 Å². The number of para-hydroxylation sites is 1. The van der Waals surface area contributed by atoms with Crippen LogP contribution in [0.15, 0.2) is 35.4 Å². The van der Waals surface area contributed by atoms with Crippen molar-refractivity contribution in [3.8, 4) is 0 Å². The molecule has 0 aliphatic rings. The molecule has 0 spiro atoms. The van der Waals surface area contributed by atoms with Crippen LogP contribution in [-0.2, 0) is 14.3 Å². The van der Waals surface area contributed by atoms with Crippen LogP contribution in [-0.4, -0.2) is 35.9 Å². The number of anilines is 1. The average molecular weight is 367 g/mol. The number of hydrogen-bond acceptors (Lipinski definition) is 7. The van der Waals surface area contributed by atoms with E-state index < -0.39 is 12.0 Å². The fourth-order valence-corrected chi connectivity index (χ4v) is 2.72. The summed E-state index contributed by atoms with van der Waals surface area (Å²) in [5.74, 6) is 10.8. The molecule has 0 aliphatic heterocycles. The molecule has 0 saturated heterocycles. The fraction of sp³-hybridized carbons (Fsp3) is 0.438. The molecule has 8 nitrogen and oxygen atoms in total. The number of rotatable bonds is 7. The van der Waals surface area contributed by atoms with E-state index in [4.69, 9.17) is 16.4 Å². The number of nitrogens with one attached hydrogen (secondary N) is 1. The number of hydrazine groups is 1. The molecule has 0 bridgehead atoms. The summed E-state index contributed by atoms with van der Waals surface area (Å²) in [6.07, 6.45) is 0.494. The lowest BCUT2D eigenvalue weighted by Gasteiger charge is -2.20. The van der Waals surface area contributed by atoms with Crippen LogP contribution in [0.5, 0.6) is 0 Å². The van der Waals surface area contributed by atoms with Crippen molar-refractivity contribution in [3.05, 3.63) is 30.3 Å². The van der Waals surface area contributed by atoms with Gasteiger partial charge in [0.1, 0.15) is 6.04 Å². The van der Waals surface area contributed by atoms with Crippen molar-refractivity contribution >= 4 is 34.5 Å². The zero-order chi connectivity index (χ0) is 18.8. The Morgan fingerprint density at radius 2 is 1.96 bits per heavy atom. The molecule has 1 atom stereocenters. The highest BCUT2D eigenvalue weighted by Crippen LogP contribution is 2.15. The summed E-state index contributed by atoms with van der Waals surface area (Å²) in [5, 5.41) is 7.86. The van der Waals surface area contributed by atoms with Crippen LogP contribution < -0.4 is 22.0 Å². The maximum atomic E-state index is 12.1. The predicted molar refractivity (Wildman–Crippen MR) is 101 cm³/mol. The first-order valence-electron chi connectivity index (χ1n) is 7.76. The molecule has 1 aromatic carbocycles. The van der Waals surface area contributed by atoms with Gasteiger partial charge in [-0.1, -0.05) is 43.8 Å². The molecule has 0 aliphatic carbocycles. The van der Waals surface area contributed by atoms with Crippen LogP contribution in [0.2, 0.25) is 0 Å². The molecule has 25 heavy (non-hydrogen) atoms. The van der Waals surface area contributed by atoms with E-state index in [0.29, 0.717) is 12.1 Å². The number of nitrogens with two attached hydrogens (primary N) is 2. The van der Waals surface area contributed by atoms with Crippen LogP contribution in [0.25, 0.3) is 0 Å². The second-order valence-corrected chi connectivity index (χ2v) is 6.62. The lowest BCUT2D eigenvalue weighted by Crippen LogP contribution is -2.44. The van der Waals surface area contributed by atoms with E-state index in [1.54, 1.807) is 12.1 Å². The van der Waals surface area contributed by atoms with Gasteiger partial charge in [0, 0.05) is 0 Å². The second kappa shape index (κ2) is 10.6. The molecule has 1 unspecified atom stereocenters. The normalized spacial score (nSPS) is 12.6. The Morgan fingerprint density at radius 3 is 2.48 bits per heavy atom. The SMILES string of the molecule is COC(=O)C(CC(C)C)NC(=O)CS/C(=N/N)N(N)c1ccccc1. The molecule has 1 rings (SSSR count). The van der Waals surface area contributed by atoms with Gasteiger partial charge in [0.25, 0.3) is 0 Å². The highest BCUT2D eigenvalue weighted by Gasteiger charge is 2.23. The van der Waals surface area contributed by atoms with E-state index in [9.17, 15) is 9.59 Å². The molecular weight excluding hydrogens is 342 g/mol. The number of carbonyl (C=O) groups is 2. The third kappa shape index (κ3) is 7.02. The van der Waals surface area contributed by atoms with Crippen molar-refractivity contribution < 1.29 is 14.3 Å². The van der Waals surface area contributed by atoms with Gasteiger partial charge in [0.2, 0.25) is 11.1 Å². The minimum atomic E-state index is -0.681. The smallest absolute Gasteiger partial charge is 0.328 e. The number of benzene rings is 1. The number of ether oxygens (including phenoxy) is 1. The Morgan fingerprint density at radius 1 is 1.32 bits per heavy atom. The van der Waals surface area contributed by atoms with Gasteiger partial charge >= 0.3 is 5.97 Å². The van der Waals surface area contributed by atoms with Crippen molar-refractivity contribution in [1.29, 1.82) is 0 Å². The maximum Gasteiger partial charge on any atom is 0.328 e. The van der Waals surface area contributed by atoms with E-state index in [0.717, 1.165) is 11.8 Å². The van der Waals surface area contributed by atoms with E-state index in [1.807, 2.05) is 32.0 Å². The number of amidine groups is 1. The van der Waals surface area contributed by atoms with E-state index >= 15 is 0 Å². The summed E-state index contributed by atoms with van der Waals surface area (Å²) in [4.78, 5) is 23.9. The Labute approximate surface area is 151 Å². The molecule has 5 N–H and O–H groups in total. The number of nitrogens with zero attached hydrogens (tertiary/aromatic N) is 2. The van der Waals surface area contributed by atoms with Crippen molar-refractivity contribution in [2.75, 3.05) is 17.9 Å². The van der Waals surface area contributed by atoms with Crippen molar-refractivity contribution in [3.63, 3.8) is 0 Å². The zero-order valence-electron chi connectivity index (χ0n) is 14.6. The molecule has 1 amide bonds. The monoisotopic (exact) mass is 367 g/mol. The zero-order valence-corrected chi connectivity index (χ0v) is 15.5. The first-order valence-corrected chi connectivity index (χ1v) is 8.75. The highest BCUT2D eigenvalue weighted by molar-refractivity contribution is 8.14. The predicted octanol–water partition coefficient (Wildman–Crippen LogP) is 1.03. The lowest BCUT2D eigenvalue weighted by molar-refractivity contribution is -0.145. The molecule has 138 valence electrons. The first-order chi connectivity index (χ1) is 11.9. The van der Waals surface area contributed by atoms with Crippen LogP contribution in [0, 0.1) is 5.92 Å². The van der Waals surface area contributed by atoms with E-state index in [1.165, 1.54) is 12.1 Å². The number of methoxy groups -OCH3 is 1. The number of hydrazone groups is 1. The van der Waals surface area contributed by atoms with Gasteiger partial charge in [-0.05, 0) is 24.5 Å². The molecule has 0 radical (unpaired) electrons. The fourth-order valence-electron chi connectivity index (χ4n) is 2.06. The molecule has 0 heterocycles. The van der Waals surface area contributed by atoms with Gasteiger partial charge in [-0.25, -0.2) is 10.6 Å². The molecule has 0 saturated carbocycles. The number of thioether (sulfide) groups is 1. The lowest BCUT2D eigenvalue weighted by atomic mass is 10.0. The van der Waals surface area contributed by atoms with Crippen LogP contribution in [0.1, 0.15) is 20.3 Å². The summed E-state index contributed by atoms with van der Waals surface area (Å²) >= 11 is 1.07. The molecular formula is C16H25N5O3S. The van der Waals surface area contributed by atoms with Gasteiger partial charge in [0.15, 0.2) is 0 Å². The summed E-state index contributed by atoms with van der Waals surface area (Å²) in [6, 6.07) is 8.42. The second-order valence-electron chi connectivity index (χ2n) is 5.68. The van der Waals surface area contributed by atoms with Crippen LogP contribution >= 0.6 is 11.8 Å². The molecule has 0 fully saturated rings. The topological polar surface area (TPSA) is 123 Å². The minimum Gasteiger partial charge on any atom is -0.467 e. The molecule has 0 aromatic heterocycles. The number of esters is 1. The summed E-state index contributed by atoms with van der Waals surface area (Å²) in [6.45, 7) is 3.92. The largest absolute Gasteiger partial charge is 0.467 e. The van der Waals surface area contributed by atoms with Gasteiger partial charge in [0.05, 0.1) is 18.6 Å². The van der Waals surface area contributed by atoms with Crippen LogP contribution in [0.4, 0.5) is 5.69 Å². The highest BCUT2D eigenvalue weighted by atomic mass is 32.2. The number of amides is 1. The van der Waals surface area contributed by atoms with Gasteiger partial charge < -0.3 is 15.9 Å². The van der Waals surface area contributed by atoms with E-state index in [2.05, 4.69) is 10.4 Å². The quantitative estimate of drug-likeness (QED) is 0.216. The minimum absolute atomic E-state index is 0.0160. The summed E-state index contributed by atoms with van der Waals surface area (Å²) < 4.78 is 4.72. The first kappa shape index (κ1) is 20.8. The number of carbonyl (C=O) groups excluding carboxylic acids is 2. The third-order valence-corrected chi connectivity index (χ3v) is 4.18. The Kier molecular flexibility index (Phi) is 8.79. The van der Waals surface area contributed by atoms with E-state index in [-0.39, 0.29) is 22.7 Å². The third-order valence-electron chi connectivity index (χ3n) is 3.21. The Bertz CT molecular complexity index is 595. The summed E-state index contributed by atoms with van der Waals surface area (Å²) in [7, 11) is 1.29. The number of hydrogen-bond donors (Lipinski definition) is 3. The average Bonchev–Trinajstić information content (AvgIpc) is 2.61. The van der Waals surface area contributed by atoms with Crippen molar-refractivity contribution in [2.45, 2.75) is 26.3 Å². The van der Waals surface area contributed by atoms with Gasteiger partial charge in [-0.2, -0.15) is 5.10 Å². The van der Waals surface area contributed by atoms with Gasteiger partial charge in [-0.3, -0.25) is 9.80 Å².